The van der Waals surface area contributed by atoms with E-state index in [9.17, 15) is 19.7 Å². The maximum atomic E-state index is 12.7. The van der Waals surface area contributed by atoms with Crippen LogP contribution in [0.2, 0.25) is 0 Å². The molecule has 2 fully saturated rings. The van der Waals surface area contributed by atoms with Crippen LogP contribution in [0.4, 0.5) is 5.69 Å². The van der Waals surface area contributed by atoms with E-state index < -0.39 is 4.92 Å². The third-order valence-electron chi connectivity index (χ3n) is 5.81. The zero-order valence-electron chi connectivity index (χ0n) is 17.5. The third kappa shape index (κ3) is 4.74. The minimum absolute atomic E-state index is 0.0281. The second kappa shape index (κ2) is 8.84. The topological polar surface area (TPSA) is 117 Å². The molecular formula is C21H26N6O4. The number of rotatable bonds is 7. The smallest absolute Gasteiger partial charge is 0.280 e. The SMILES string of the molecule is Cc1[nH]n(-c2ccc([N+](=O)[O-])cc2)c(=O)c1C=NCCN1CCN(C(=O)C2CC2)CC1. The van der Waals surface area contributed by atoms with E-state index in [4.69, 9.17) is 0 Å². The number of nitrogens with one attached hydrogen (secondary N) is 1. The Morgan fingerprint density at radius 2 is 1.90 bits per heavy atom. The summed E-state index contributed by atoms with van der Waals surface area (Å²) in [7, 11) is 0. The number of H-pyrrole nitrogens is 1. The summed E-state index contributed by atoms with van der Waals surface area (Å²) in [5, 5.41) is 13.8. The van der Waals surface area contributed by atoms with Gasteiger partial charge in [-0.25, -0.2) is 4.68 Å². The Balaban J connectivity index is 1.32. The van der Waals surface area contributed by atoms with E-state index in [1.54, 1.807) is 13.1 Å². The van der Waals surface area contributed by atoms with Crippen LogP contribution in [-0.2, 0) is 4.79 Å². The zero-order valence-corrected chi connectivity index (χ0v) is 17.5. The molecule has 1 amide bonds. The lowest BCUT2D eigenvalue weighted by Gasteiger charge is -2.34. The number of hydrogen-bond donors (Lipinski definition) is 1. The van der Waals surface area contributed by atoms with Gasteiger partial charge >= 0.3 is 0 Å². The van der Waals surface area contributed by atoms with Crippen LogP contribution >= 0.6 is 0 Å². The maximum absolute atomic E-state index is 12.7. The van der Waals surface area contributed by atoms with E-state index in [-0.39, 0.29) is 17.2 Å². The number of aromatic nitrogens is 2. The molecule has 10 heteroatoms. The van der Waals surface area contributed by atoms with Crippen molar-refractivity contribution >= 4 is 17.8 Å². The first-order valence-electron chi connectivity index (χ1n) is 10.5. The molecule has 31 heavy (non-hydrogen) atoms. The molecule has 0 atom stereocenters. The number of aliphatic imine (C=N–C) groups is 1. The number of carbonyl (C=O) groups is 1. The summed E-state index contributed by atoms with van der Waals surface area (Å²) in [6, 6.07) is 5.79. The molecule has 1 saturated heterocycles. The van der Waals surface area contributed by atoms with E-state index in [0.29, 0.717) is 29.4 Å². The lowest BCUT2D eigenvalue weighted by Crippen LogP contribution is -2.49. The number of benzene rings is 1. The second-order valence-corrected chi connectivity index (χ2v) is 8.04. The molecule has 4 rings (SSSR count). The Bertz CT molecular complexity index is 1040. The fourth-order valence-electron chi connectivity index (χ4n) is 3.75. The average molecular weight is 426 g/mol. The molecular weight excluding hydrogens is 400 g/mol. The first-order chi connectivity index (χ1) is 14.9. The number of nitrogens with zero attached hydrogens (tertiary/aromatic N) is 5. The van der Waals surface area contributed by atoms with Crippen molar-refractivity contribution in [2.75, 3.05) is 39.3 Å². The van der Waals surface area contributed by atoms with Gasteiger partial charge in [0.05, 0.1) is 22.7 Å². The van der Waals surface area contributed by atoms with Crippen molar-refractivity contribution in [1.29, 1.82) is 0 Å². The van der Waals surface area contributed by atoms with E-state index in [1.807, 2.05) is 4.90 Å². The van der Waals surface area contributed by atoms with Crippen molar-refractivity contribution in [3.05, 3.63) is 56.0 Å². The largest absolute Gasteiger partial charge is 0.340 e. The van der Waals surface area contributed by atoms with Crippen LogP contribution < -0.4 is 5.56 Å². The molecule has 1 N–H and O–H groups in total. The number of aromatic amines is 1. The Labute approximate surface area is 179 Å². The molecule has 2 aromatic rings. The molecule has 0 radical (unpaired) electrons. The summed E-state index contributed by atoms with van der Waals surface area (Å²) in [5.41, 5.74) is 1.40. The number of piperazine rings is 1. The zero-order chi connectivity index (χ0) is 22.0. The van der Waals surface area contributed by atoms with Crippen molar-refractivity contribution in [2.45, 2.75) is 19.8 Å². The monoisotopic (exact) mass is 426 g/mol. The van der Waals surface area contributed by atoms with Gasteiger partial charge in [0.1, 0.15) is 0 Å². The van der Waals surface area contributed by atoms with Crippen molar-refractivity contribution in [3.8, 4) is 5.69 Å². The molecule has 10 nitrogen and oxygen atoms in total. The first-order valence-corrected chi connectivity index (χ1v) is 10.5. The average Bonchev–Trinajstić information content (AvgIpc) is 3.58. The number of nitro groups is 1. The summed E-state index contributed by atoms with van der Waals surface area (Å²) in [6.45, 7) is 6.39. The minimum atomic E-state index is -0.477. The van der Waals surface area contributed by atoms with Gasteiger partial charge in [-0.15, -0.1) is 0 Å². The Hall–Kier alpha value is -3.27. The Kier molecular flexibility index (Phi) is 5.99. The van der Waals surface area contributed by atoms with Gasteiger partial charge in [-0.3, -0.25) is 34.7 Å². The molecule has 1 aliphatic carbocycles. The fourth-order valence-corrected chi connectivity index (χ4v) is 3.75. The molecule has 1 saturated carbocycles. The van der Waals surface area contributed by atoms with Gasteiger partial charge in [-0.1, -0.05) is 0 Å². The van der Waals surface area contributed by atoms with Crippen LogP contribution in [0.15, 0.2) is 34.1 Å². The third-order valence-corrected chi connectivity index (χ3v) is 5.81. The predicted octanol–water partition coefficient (Wildman–Crippen LogP) is 1.36. The highest BCUT2D eigenvalue weighted by Crippen LogP contribution is 2.31. The summed E-state index contributed by atoms with van der Waals surface area (Å²) >= 11 is 0. The lowest BCUT2D eigenvalue weighted by atomic mass is 10.2. The second-order valence-electron chi connectivity index (χ2n) is 8.04. The van der Waals surface area contributed by atoms with Crippen LogP contribution in [0.25, 0.3) is 5.69 Å². The molecule has 1 aliphatic heterocycles. The van der Waals surface area contributed by atoms with Gasteiger partial charge in [0, 0.05) is 62.7 Å². The molecule has 2 aliphatic rings. The van der Waals surface area contributed by atoms with Crippen LogP contribution in [0.5, 0.6) is 0 Å². The quantitative estimate of drug-likeness (QED) is 0.408. The van der Waals surface area contributed by atoms with Gasteiger partial charge in [-0.05, 0) is 31.9 Å². The highest BCUT2D eigenvalue weighted by molar-refractivity contribution is 5.81. The van der Waals surface area contributed by atoms with Gasteiger partial charge in [0.2, 0.25) is 5.91 Å². The molecule has 1 aromatic heterocycles. The van der Waals surface area contributed by atoms with Gasteiger partial charge in [0.25, 0.3) is 11.2 Å². The maximum Gasteiger partial charge on any atom is 0.280 e. The number of nitro benzene ring substituents is 1. The number of aryl methyl sites for hydroxylation is 1. The molecule has 0 bridgehead atoms. The van der Waals surface area contributed by atoms with Crippen molar-refractivity contribution < 1.29 is 9.72 Å². The number of non-ortho nitro benzene ring substituents is 1. The number of hydrogen-bond acceptors (Lipinski definition) is 6. The standard InChI is InChI=1S/C21H26N6O4/c1-15-19(21(29)26(23-15)17-4-6-18(7-5-17)27(30)31)14-22-8-9-24-10-12-25(13-11-24)20(28)16-2-3-16/h4-7,14,16,23H,2-3,8-13H2,1H3. The van der Waals surface area contributed by atoms with Crippen LogP contribution in [0.1, 0.15) is 24.1 Å². The summed E-state index contributed by atoms with van der Waals surface area (Å²) in [6.07, 6.45) is 3.67. The summed E-state index contributed by atoms with van der Waals surface area (Å²) < 4.78 is 1.36. The Morgan fingerprint density at radius 1 is 1.23 bits per heavy atom. The van der Waals surface area contributed by atoms with Crippen LogP contribution in [-0.4, -0.2) is 75.9 Å². The fraction of sp³-hybridized carbons (Fsp3) is 0.476. The number of amides is 1. The van der Waals surface area contributed by atoms with Crippen molar-refractivity contribution in [3.63, 3.8) is 0 Å². The summed E-state index contributed by atoms with van der Waals surface area (Å²) in [5.74, 6) is 0.584. The number of carbonyl (C=O) groups excluding carboxylic acids is 1. The van der Waals surface area contributed by atoms with E-state index in [0.717, 1.165) is 45.6 Å². The van der Waals surface area contributed by atoms with Crippen molar-refractivity contribution in [1.82, 2.24) is 19.6 Å². The van der Waals surface area contributed by atoms with E-state index >= 15 is 0 Å². The molecule has 2 heterocycles. The normalized spacial score (nSPS) is 17.4. The van der Waals surface area contributed by atoms with Crippen LogP contribution in [0.3, 0.4) is 0 Å². The summed E-state index contributed by atoms with van der Waals surface area (Å²) in [4.78, 5) is 43.8. The van der Waals surface area contributed by atoms with Gasteiger partial charge in [0.15, 0.2) is 0 Å². The lowest BCUT2D eigenvalue weighted by molar-refractivity contribution is -0.384. The van der Waals surface area contributed by atoms with Crippen molar-refractivity contribution in [2.24, 2.45) is 10.9 Å². The molecule has 0 spiro atoms. The van der Waals surface area contributed by atoms with E-state index in [2.05, 4.69) is 15.0 Å². The van der Waals surface area contributed by atoms with Gasteiger partial charge < -0.3 is 4.90 Å². The van der Waals surface area contributed by atoms with Gasteiger partial charge in [-0.2, -0.15) is 0 Å². The van der Waals surface area contributed by atoms with Crippen LogP contribution in [0, 0.1) is 23.0 Å². The first kappa shape index (κ1) is 21.0. The molecule has 0 unspecified atom stereocenters. The Morgan fingerprint density at radius 3 is 2.52 bits per heavy atom. The molecule has 164 valence electrons. The highest BCUT2D eigenvalue weighted by Gasteiger charge is 2.34. The van der Waals surface area contributed by atoms with E-state index in [1.165, 1.54) is 28.9 Å². The highest BCUT2D eigenvalue weighted by atomic mass is 16.6. The predicted molar refractivity (Wildman–Crippen MR) is 116 cm³/mol. The minimum Gasteiger partial charge on any atom is -0.340 e. The molecule has 1 aromatic carbocycles.